The Morgan fingerprint density at radius 2 is 2.36 bits per heavy atom. The van der Waals surface area contributed by atoms with Gasteiger partial charge in [0, 0.05) is 6.54 Å². The fourth-order valence-corrected chi connectivity index (χ4v) is 4.04. The van der Waals surface area contributed by atoms with Crippen LogP contribution in [0.5, 0.6) is 0 Å². The molecular weight excluding hydrogens is 196 g/mol. The molecule has 0 bridgehead atoms. The SMILES string of the molecule is CCNC1SSC(=S)N1CC. The van der Waals surface area contributed by atoms with Crippen LogP contribution in [0, 0.1) is 0 Å². The van der Waals surface area contributed by atoms with Gasteiger partial charge in [-0.2, -0.15) is 0 Å². The molecule has 1 aliphatic rings. The second kappa shape index (κ2) is 4.54. The Morgan fingerprint density at radius 3 is 2.91 bits per heavy atom. The summed E-state index contributed by atoms with van der Waals surface area (Å²) >= 11 is 5.16. The molecule has 0 aromatic heterocycles. The molecule has 64 valence electrons. The van der Waals surface area contributed by atoms with Crippen LogP contribution < -0.4 is 5.32 Å². The molecular formula is C6H12N2S3. The van der Waals surface area contributed by atoms with Crippen LogP contribution in [0.3, 0.4) is 0 Å². The average molecular weight is 208 g/mol. The van der Waals surface area contributed by atoms with Gasteiger partial charge in [0.15, 0.2) is 0 Å². The first-order chi connectivity index (χ1) is 5.29. The quantitative estimate of drug-likeness (QED) is 0.561. The van der Waals surface area contributed by atoms with Gasteiger partial charge in [0.05, 0.1) is 0 Å². The minimum Gasteiger partial charge on any atom is -0.332 e. The summed E-state index contributed by atoms with van der Waals surface area (Å²) in [5.74, 6) is 0. The van der Waals surface area contributed by atoms with E-state index in [9.17, 15) is 0 Å². The van der Waals surface area contributed by atoms with E-state index in [-0.39, 0.29) is 0 Å². The van der Waals surface area contributed by atoms with E-state index in [0.29, 0.717) is 5.50 Å². The molecule has 1 atom stereocenters. The Morgan fingerprint density at radius 1 is 1.64 bits per heavy atom. The van der Waals surface area contributed by atoms with Crippen LogP contribution in [-0.2, 0) is 0 Å². The van der Waals surface area contributed by atoms with Crippen LogP contribution in [0.1, 0.15) is 13.8 Å². The Kier molecular flexibility index (Phi) is 3.98. The highest BCUT2D eigenvalue weighted by Gasteiger charge is 2.27. The molecule has 0 radical (unpaired) electrons. The minimum atomic E-state index is 0.391. The monoisotopic (exact) mass is 208 g/mol. The molecule has 1 rings (SSSR count). The number of hydrogen-bond acceptors (Lipinski definition) is 4. The van der Waals surface area contributed by atoms with Crippen molar-refractivity contribution in [3.05, 3.63) is 0 Å². The van der Waals surface area contributed by atoms with Crippen LogP contribution in [0.25, 0.3) is 0 Å². The molecule has 1 N–H and O–H groups in total. The number of nitrogens with zero attached hydrogens (tertiary/aromatic N) is 1. The van der Waals surface area contributed by atoms with Crippen LogP contribution >= 0.6 is 33.8 Å². The topological polar surface area (TPSA) is 15.3 Å². The molecule has 0 aromatic rings. The van der Waals surface area contributed by atoms with E-state index in [2.05, 4.69) is 24.1 Å². The lowest BCUT2D eigenvalue weighted by Gasteiger charge is -2.22. The number of nitrogens with one attached hydrogen (secondary N) is 1. The number of hydrogen-bond donors (Lipinski definition) is 1. The molecule has 1 saturated heterocycles. The molecule has 1 heterocycles. The lowest BCUT2D eigenvalue weighted by atomic mass is 10.6. The van der Waals surface area contributed by atoms with E-state index in [1.165, 1.54) is 0 Å². The van der Waals surface area contributed by atoms with Crippen LogP contribution in [-0.4, -0.2) is 27.8 Å². The minimum absolute atomic E-state index is 0.391. The van der Waals surface area contributed by atoms with E-state index < -0.39 is 0 Å². The Hall–Kier alpha value is 0.550. The highest BCUT2D eigenvalue weighted by molar-refractivity contribution is 8.84. The molecule has 1 aliphatic heterocycles. The van der Waals surface area contributed by atoms with Gasteiger partial charge >= 0.3 is 0 Å². The van der Waals surface area contributed by atoms with Gasteiger partial charge in [-0.1, -0.05) is 19.1 Å². The third-order valence-electron chi connectivity index (χ3n) is 1.45. The molecule has 0 amide bonds. The average Bonchev–Trinajstić information content (AvgIpc) is 2.33. The van der Waals surface area contributed by atoms with Gasteiger partial charge in [-0.3, -0.25) is 5.32 Å². The van der Waals surface area contributed by atoms with Gasteiger partial charge < -0.3 is 4.90 Å². The maximum absolute atomic E-state index is 5.16. The van der Waals surface area contributed by atoms with Crippen molar-refractivity contribution in [3.63, 3.8) is 0 Å². The Bertz CT molecular complexity index is 151. The summed E-state index contributed by atoms with van der Waals surface area (Å²) in [4.78, 5) is 2.20. The second-order valence-corrected chi connectivity index (χ2v) is 5.06. The summed E-state index contributed by atoms with van der Waals surface area (Å²) in [5.41, 5.74) is 0.391. The fourth-order valence-electron chi connectivity index (χ4n) is 0.896. The van der Waals surface area contributed by atoms with Crippen molar-refractivity contribution in [2.24, 2.45) is 0 Å². The summed E-state index contributed by atoms with van der Waals surface area (Å²) in [6.07, 6.45) is 0. The zero-order valence-electron chi connectivity index (χ0n) is 6.66. The first kappa shape index (κ1) is 9.64. The molecule has 5 heteroatoms. The van der Waals surface area contributed by atoms with Crippen molar-refractivity contribution >= 4 is 38.1 Å². The maximum atomic E-state index is 5.16. The van der Waals surface area contributed by atoms with Gasteiger partial charge in [-0.05, 0) is 35.1 Å². The number of rotatable bonds is 3. The molecule has 11 heavy (non-hydrogen) atoms. The standard InChI is InChI=1S/C6H12N2S3/c1-3-7-5-8(4-2)6(9)11-10-5/h5,7H,3-4H2,1-2H3. The molecule has 0 saturated carbocycles. The van der Waals surface area contributed by atoms with Crippen LogP contribution in [0.15, 0.2) is 0 Å². The lowest BCUT2D eigenvalue weighted by Crippen LogP contribution is -2.40. The van der Waals surface area contributed by atoms with E-state index in [1.54, 1.807) is 21.6 Å². The summed E-state index contributed by atoms with van der Waals surface area (Å²) in [5, 5.41) is 3.36. The van der Waals surface area contributed by atoms with Crippen molar-refractivity contribution in [1.82, 2.24) is 10.2 Å². The van der Waals surface area contributed by atoms with Crippen molar-refractivity contribution in [1.29, 1.82) is 0 Å². The van der Waals surface area contributed by atoms with E-state index >= 15 is 0 Å². The number of thiocarbonyl (C=S) groups is 1. The van der Waals surface area contributed by atoms with Crippen molar-refractivity contribution in [2.45, 2.75) is 19.3 Å². The van der Waals surface area contributed by atoms with E-state index in [1.807, 2.05) is 0 Å². The zero-order valence-corrected chi connectivity index (χ0v) is 9.11. The third-order valence-corrected chi connectivity index (χ3v) is 4.63. The summed E-state index contributed by atoms with van der Waals surface area (Å²) in [6.45, 7) is 6.23. The Labute approximate surface area is 80.9 Å². The van der Waals surface area contributed by atoms with Gasteiger partial charge in [0.25, 0.3) is 0 Å². The van der Waals surface area contributed by atoms with Gasteiger partial charge in [-0.25, -0.2) is 0 Å². The van der Waals surface area contributed by atoms with Crippen molar-refractivity contribution in [3.8, 4) is 0 Å². The van der Waals surface area contributed by atoms with Gasteiger partial charge in [-0.15, -0.1) is 0 Å². The fraction of sp³-hybridized carbons (Fsp3) is 0.833. The highest BCUT2D eigenvalue weighted by atomic mass is 33.1. The van der Waals surface area contributed by atoms with E-state index in [4.69, 9.17) is 12.2 Å². The maximum Gasteiger partial charge on any atom is 0.149 e. The molecule has 1 unspecified atom stereocenters. The molecule has 0 aliphatic carbocycles. The van der Waals surface area contributed by atoms with Crippen molar-refractivity contribution in [2.75, 3.05) is 13.1 Å². The first-order valence-electron chi connectivity index (χ1n) is 3.67. The van der Waals surface area contributed by atoms with E-state index in [0.717, 1.165) is 17.4 Å². The largest absolute Gasteiger partial charge is 0.332 e. The first-order valence-corrected chi connectivity index (χ1v) is 6.29. The zero-order chi connectivity index (χ0) is 8.27. The van der Waals surface area contributed by atoms with Gasteiger partial charge in [0.2, 0.25) is 0 Å². The predicted octanol–water partition coefficient (Wildman–Crippen LogP) is 1.88. The lowest BCUT2D eigenvalue weighted by molar-refractivity contribution is 0.385. The summed E-state index contributed by atoms with van der Waals surface area (Å²) < 4.78 is 1.00. The van der Waals surface area contributed by atoms with Crippen LogP contribution in [0.2, 0.25) is 0 Å². The van der Waals surface area contributed by atoms with Crippen LogP contribution in [0.4, 0.5) is 0 Å². The molecule has 2 nitrogen and oxygen atoms in total. The summed E-state index contributed by atoms with van der Waals surface area (Å²) in [6, 6.07) is 0. The normalized spacial score (nSPS) is 24.7. The molecule has 0 aromatic carbocycles. The Balaban J connectivity index is 2.47. The summed E-state index contributed by atoms with van der Waals surface area (Å²) in [7, 11) is 3.49. The van der Waals surface area contributed by atoms with Crippen molar-refractivity contribution < 1.29 is 0 Å². The molecule has 0 spiro atoms. The predicted molar refractivity (Wildman–Crippen MR) is 57.6 cm³/mol. The second-order valence-electron chi connectivity index (χ2n) is 2.14. The third kappa shape index (κ3) is 2.24. The smallest absolute Gasteiger partial charge is 0.149 e. The van der Waals surface area contributed by atoms with Gasteiger partial charge in [0.1, 0.15) is 9.82 Å². The molecule has 1 fully saturated rings. The highest BCUT2D eigenvalue weighted by Crippen LogP contribution is 2.38.